The van der Waals surface area contributed by atoms with Crippen molar-refractivity contribution in [2.24, 2.45) is 0 Å². The fourth-order valence-corrected chi connectivity index (χ4v) is 2.51. The summed E-state index contributed by atoms with van der Waals surface area (Å²) in [5, 5.41) is 6.95. The zero-order valence-electron chi connectivity index (χ0n) is 12.4. The second kappa shape index (κ2) is 6.58. The van der Waals surface area contributed by atoms with E-state index in [4.69, 9.17) is 12.2 Å². The Bertz CT molecular complexity index is 630. The van der Waals surface area contributed by atoms with Gasteiger partial charge in [-0.25, -0.2) is 0 Å². The molecule has 0 amide bonds. The highest BCUT2D eigenvalue weighted by Crippen LogP contribution is 2.24. The Morgan fingerprint density at radius 2 is 1.57 bits per heavy atom. The molecule has 0 fully saturated rings. The molecule has 0 radical (unpaired) electrons. The van der Waals surface area contributed by atoms with Gasteiger partial charge in [-0.05, 0) is 63.4 Å². The van der Waals surface area contributed by atoms with Crippen molar-refractivity contribution in [1.82, 2.24) is 0 Å². The number of thiocarbonyl (C=S) groups is 1. The van der Waals surface area contributed by atoms with Crippen LogP contribution in [-0.2, 0) is 5.41 Å². The molecule has 21 heavy (non-hydrogen) atoms. The van der Waals surface area contributed by atoms with E-state index in [9.17, 15) is 0 Å². The minimum Gasteiger partial charge on any atom is -0.332 e. The molecule has 2 nitrogen and oxygen atoms in total. The van der Waals surface area contributed by atoms with Gasteiger partial charge >= 0.3 is 0 Å². The number of rotatable bonds is 2. The van der Waals surface area contributed by atoms with E-state index < -0.39 is 0 Å². The highest BCUT2D eigenvalue weighted by atomic mass is 79.9. The van der Waals surface area contributed by atoms with E-state index in [2.05, 4.69) is 71.6 Å². The third kappa shape index (κ3) is 4.55. The zero-order valence-corrected chi connectivity index (χ0v) is 14.8. The van der Waals surface area contributed by atoms with Crippen molar-refractivity contribution >= 4 is 44.6 Å². The minimum atomic E-state index is 0.159. The van der Waals surface area contributed by atoms with Gasteiger partial charge in [0.2, 0.25) is 0 Å². The van der Waals surface area contributed by atoms with E-state index in [1.165, 1.54) is 5.56 Å². The van der Waals surface area contributed by atoms with Gasteiger partial charge in [-0.2, -0.15) is 0 Å². The van der Waals surface area contributed by atoms with Crippen LogP contribution in [0.3, 0.4) is 0 Å². The molecule has 2 aromatic rings. The van der Waals surface area contributed by atoms with Crippen molar-refractivity contribution in [2.75, 3.05) is 10.6 Å². The number of halogens is 1. The molecular weight excluding hydrogens is 344 g/mol. The van der Waals surface area contributed by atoms with Crippen LogP contribution < -0.4 is 10.6 Å². The van der Waals surface area contributed by atoms with Gasteiger partial charge in [0.05, 0.1) is 5.69 Å². The monoisotopic (exact) mass is 362 g/mol. The fourth-order valence-electron chi connectivity index (χ4n) is 1.90. The number of hydrogen-bond acceptors (Lipinski definition) is 1. The van der Waals surface area contributed by atoms with Gasteiger partial charge in [-0.3, -0.25) is 0 Å². The van der Waals surface area contributed by atoms with E-state index >= 15 is 0 Å². The summed E-state index contributed by atoms with van der Waals surface area (Å²) in [5.74, 6) is 0. The average Bonchev–Trinajstić information content (AvgIpc) is 2.41. The van der Waals surface area contributed by atoms with Crippen LogP contribution in [0.4, 0.5) is 11.4 Å². The molecule has 0 spiro atoms. The van der Waals surface area contributed by atoms with Crippen molar-refractivity contribution in [3.8, 4) is 0 Å². The summed E-state index contributed by atoms with van der Waals surface area (Å²) in [6, 6.07) is 16.2. The molecule has 2 rings (SSSR count). The molecule has 0 aliphatic rings. The van der Waals surface area contributed by atoms with Gasteiger partial charge in [0.15, 0.2) is 5.11 Å². The Morgan fingerprint density at radius 3 is 2.14 bits per heavy atom. The van der Waals surface area contributed by atoms with Crippen molar-refractivity contribution in [2.45, 2.75) is 26.2 Å². The third-order valence-electron chi connectivity index (χ3n) is 3.13. The second-order valence-electron chi connectivity index (χ2n) is 5.89. The summed E-state index contributed by atoms with van der Waals surface area (Å²) in [4.78, 5) is 0. The Balaban J connectivity index is 2.02. The van der Waals surface area contributed by atoms with Gasteiger partial charge in [-0.15, -0.1) is 0 Å². The van der Waals surface area contributed by atoms with Crippen LogP contribution >= 0.6 is 28.1 Å². The molecule has 0 aliphatic heterocycles. The topological polar surface area (TPSA) is 24.1 Å². The lowest BCUT2D eigenvalue weighted by Crippen LogP contribution is -2.19. The highest BCUT2D eigenvalue weighted by molar-refractivity contribution is 9.10. The van der Waals surface area contributed by atoms with Crippen LogP contribution in [0.2, 0.25) is 0 Å². The van der Waals surface area contributed by atoms with Gasteiger partial charge in [0, 0.05) is 10.2 Å². The molecule has 0 heterocycles. The van der Waals surface area contributed by atoms with Crippen LogP contribution in [0, 0.1) is 0 Å². The number of para-hydroxylation sites is 1. The Kier molecular flexibility index (Phi) is 5.01. The third-order valence-corrected chi connectivity index (χ3v) is 4.03. The average molecular weight is 363 g/mol. The molecule has 0 saturated heterocycles. The first-order valence-corrected chi connectivity index (χ1v) is 7.99. The predicted octanol–water partition coefficient (Wildman–Crippen LogP) is 5.56. The maximum absolute atomic E-state index is 5.34. The van der Waals surface area contributed by atoms with Crippen LogP contribution in [0.1, 0.15) is 26.3 Å². The predicted molar refractivity (Wildman–Crippen MR) is 99.1 cm³/mol. The van der Waals surface area contributed by atoms with Crippen molar-refractivity contribution < 1.29 is 0 Å². The maximum Gasteiger partial charge on any atom is 0.175 e. The van der Waals surface area contributed by atoms with E-state index in [1.807, 2.05) is 24.3 Å². The van der Waals surface area contributed by atoms with E-state index in [1.54, 1.807) is 0 Å². The van der Waals surface area contributed by atoms with Crippen LogP contribution in [-0.4, -0.2) is 5.11 Å². The zero-order chi connectivity index (χ0) is 15.5. The molecule has 110 valence electrons. The molecule has 2 aromatic carbocycles. The van der Waals surface area contributed by atoms with Crippen LogP contribution in [0.15, 0.2) is 53.0 Å². The van der Waals surface area contributed by atoms with E-state index in [0.29, 0.717) is 5.11 Å². The summed E-state index contributed by atoms with van der Waals surface area (Å²) in [5.41, 5.74) is 3.39. The van der Waals surface area contributed by atoms with Crippen molar-refractivity contribution in [3.05, 3.63) is 58.6 Å². The van der Waals surface area contributed by atoms with Gasteiger partial charge in [0.25, 0.3) is 0 Å². The van der Waals surface area contributed by atoms with Crippen LogP contribution in [0.5, 0.6) is 0 Å². The van der Waals surface area contributed by atoms with Crippen molar-refractivity contribution in [3.63, 3.8) is 0 Å². The Morgan fingerprint density at radius 1 is 0.952 bits per heavy atom. The van der Waals surface area contributed by atoms with Crippen LogP contribution in [0.25, 0.3) is 0 Å². The number of benzene rings is 2. The SMILES string of the molecule is CC(C)(C)c1ccc(NC(=S)Nc2ccccc2Br)cc1. The molecule has 0 aliphatic carbocycles. The molecule has 2 N–H and O–H groups in total. The highest BCUT2D eigenvalue weighted by Gasteiger charge is 2.12. The fraction of sp³-hybridized carbons (Fsp3) is 0.235. The molecule has 0 bridgehead atoms. The summed E-state index contributed by atoms with van der Waals surface area (Å²) >= 11 is 8.83. The number of nitrogens with one attached hydrogen (secondary N) is 2. The van der Waals surface area contributed by atoms with Gasteiger partial charge in [0.1, 0.15) is 0 Å². The van der Waals surface area contributed by atoms with E-state index in [-0.39, 0.29) is 5.41 Å². The molecule has 0 unspecified atom stereocenters. The molecule has 0 atom stereocenters. The summed E-state index contributed by atoms with van der Waals surface area (Å²) in [6.07, 6.45) is 0. The second-order valence-corrected chi connectivity index (χ2v) is 7.15. The Hall–Kier alpha value is -1.39. The normalized spacial score (nSPS) is 11.0. The summed E-state index contributed by atoms with van der Waals surface area (Å²) in [7, 11) is 0. The quantitative estimate of drug-likeness (QED) is 0.684. The van der Waals surface area contributed by atoms with E-state index in [0.717, 1.165) is 15.8 Å². The molecule has 0 aromatic heterocycles. The summed E-state index contributed by atoms with van der Waals surface area (Å²) < 4.78 is 0.984. The maximum atomic E-state index is 5.34. The Labute approximate surface area is 140 Å². The number of hydrogen-bond donors (Lipinski definition) is 2. The first-order chi connectivity index (χ1) is 9.86. The molecule has 4 heteroatoms. The lowest BCUT2D eigenvalue weighted by molar-refractivity contribution is 0.590. The first kappa shape index (κ1) is 16.0. The molecular formula is C17H19BrN2S. The van der Waals surface area contributed by atoms with Crippen molar-refractivity contribution in [1.29, 1.82) is 0 Å². The lowest BCUT2D eigenvalue weighted by atomic mass is 9.87. The largest absolute Gasteiger partial charge is 0.332 e. The van der Waals surface area contributed by atoms with Gasteiger partial charge in [-0.1, -0.05) is 45.0 Å². The minimum absolute atomic E-state index is 0.159. The lowest BCUT2D eigenvalue weighted by Gasteiger charge is -2.19. The van der Waals surface area contributed by atoms with Gasteiger partial charge < -0.3 is 10.6 Å². The summed E-state index contributed by atoms with van der Waals surface area (Å²) in [6.45, 7) is 6.61. The standard InChI is InChI=1S/C17H19BrN2S/c1-17(2,3)12-8-10-13(11-9-12)19-16(21)20-15-7-5-4-6-14(15)18/h4-11H,1-3H3,(H2,19,20,21). The smallest absolute Gasteiger partial charge is 0.175 e. The first-order valence-electron chi connectivity index (χ1n) is 6.79. The molecule has 0 saturated carbocycles. The number of anilines is 2.